The van der Waals surface area contributed by atoms with E-state index in [4.69, 9.17) is 4.42 Å². The maximum Gasteiger partial charge on any atom is 0.255 e. The molecule has 24 heavy (non-hydrogen) atoms. The number of carbonyl (C=O) groups excluding carboxylic acids is 1. The third-order valence-electron chi connectivity index (χ3n) is 4.02. The van der Waals surface area contributed by atoms with Gasteiger partial charge in [0.2, 0.25) is 0 Å². The number of nitrogens with one attached hydrogen (secondary N) is 1. The number of hydrogen-bond donors (Lipinski definition) is 1. The van der Waals surface area contributed by atoms with E-state index in [1.807, 2.05) is 50.2 Å². The SMILES string of the molecule is Cc1ccc(C(=O)Nc2cc(C(C)(C)C)cc3nc(C)oc23)cc1. The quantitative estimate of drug-likeness (QED) is 0.723. The number of anilines is 1. The number of amides is 1. The van der Waals surface area contributed by atoms with Crippen LogP contribution in [-0.4, -0.2) is 10.9 Å². The van der Waals surface area contributed by atoms with Crippen molar-refractivity contribution in [2.24, 2.45) is 0 Å². The molecule has 0 atom stereocenters. The number of fused-ring (bicyclic) bond motifs is 1. The first-order chi connectivity index (χ1) is 11.2. The lowest BCUT2D eigenvalue weighted by molar-refractivity contribution is 0.102. The molecule has 0 unspecified atom stereocenters. The van der Waals surface area contributed by atoms with Crippen molar-refractivity contribution in [3.05, 3.63) is 59.0 Å². The highest BCUT2D eigenvalue weighted by atomic mass is 16.3. The van der Waals surface area contributed by atoms with Crippen molar-refractivity contribution in [3.8, 4) is 0 Å². The first-order valence-corrected chi connectivity index (χ1v) is 8.04. The number of oxazole rings is 1. The molecule has 0 bridgehead atoms. The molecule has 124 valence electrons. The predicted octanol–water partition coefficient (Wildman–Crippen LogP) is 4.99. The summed E-state index contributed by atoms with van der Waals surface area (Å²) in [6, 6.07) is 11.5. The minimum absolute atomic E-state index is 0.0512. The highest BCUT2D eigenvalue weighted by Crippen LogP contribution is 2.32. The molecule has 1 heterocycles. The van der Waals surface area contributed by atoms with E-state index >= 15 is 0 Å². The molecule has 0 saturated heterocycles. The number of nitrogens with zero attached hydrogens (tertiary/aromatic N) is 1. The molecule has 3 aromatic rings. The van der Waals surface area contributed by atoms with Crippen molar-refractivity contribution in [3.63, 3.8) is 0 Å². The number of aryl methyl sites for hydroxylation is 2. The Labute approximate surface area is 141 Å². The van der Waals surface area contributed by atoms with Crippen LogP contribution in [0.1, 0.15) is 48.1 Å². The first-order valence-electron chi connectivity index (χ1n) is 8.04. The van der Waals surface area contributed by atoms with Gasteiger partial charge in [0.1, 0.15) is 5.52 Å². The van der Waals surface area contributed by atoms with Crippen molar-refractivity contribution >= 4 is 22.7 Å². The largest absolute Gasteiger partial charge is 0.439 e. The molecule has 1 N–H and O–H groups in total. The van der Waals surface area contributed by atoms with Crippen molar-refractivity contribution in [1.29, 1.82) is 0 Å². The van der Waals surface area contributed by atoms with Crippen LogP contribution in [0.3, 0.4) is 0 Å². The van der Waals surface area contributed by atoms with Crippen molar-refractivity contribution in [2.75, 3.05) is 5.32 Å². The zero-order valence-corrected chi connectivity index (χ0v) is 14.7. The Morgan fingerprint density at radius 2 is 1.75 bits per heavy atom. The van der Waals surface area contributed by atoms with Gasteiger partial charge in [0, 0.05) is 12.5 Å². The molecule has 1 amide bonds. The van der Waals surface area contributed by atoms with Gasteiger partial charge >= 0.3 is 0 Å². The van der Waals surface area contributed by atoms with E-state index in [-0.39, 0.29) is 11.3 Å². The smallest absolute Gasteiger partial charge is 0.255 e. The summed E-state index contributed by atoms with van der Waals surface area (Å²) in [5.41, 5.74) is 4.82. The highest BCUT2D eigenvalue weighted by molar-refractivity contribution is 6.07. The molecule has 4 heteroatoms. The minimum atomic E-state index is -0.156. The average molecular weight is 322 g/mol. The molecule has 0 aliphatic heterocycles. The Bertz CT molecular complexity index is 900. The molecule has 0 spiro atoms. The third kappa shape index (κ3) is 3.18. The lowest BCUT2D eigenvalue weighted by atomic mass is 9.86. The van der Waals surface area contributed by atoms with Crippen LogP contribution in [0.2, 0.25) is 0 Å². The van der Waals surface area contributed by atoms with Gasteiger partial charge in [-0.25, -0.2) is 4.98 Å². The summed E-state index contributed by atoms with van der Waals surface area (Å²) in [5, 5.41) is 2.97. The fraction of sp³-hybridized carbons (Fsp3) is 0.300. The lowest BCUT2D eigenvalue weighted by Gasteiger charge is -2.20. The van der Waals surface area contributed by atoms with Crippen LogP contribution >= 0.6 is 0 Å². The molecule has 0 aliphatic carbocycles. The zero-order valence-electron chi connectivity index (χ0n) is 14.7. The first kappa shape index (κ1) is 16.2. The summed E-state index contributed by atoms with van der Waals surface area (Å²) in [6.07, 6.45) is 0. The van der Waals surface area contributed by atoms with E-state index in [0.717, 1.165) is 16.6 Å². The van der Waals surface area contributed by atoms with Crippen LogP contribution in [0.15, 0.2) is 40.8 Å². The second-order valence-corrected chi connectivity index (χ2v) is 7.18. The van der Waals surface area contributed by atoms with Gasteiger partial charge in [0.15, 0.2) is 11.5 Å². The standard InChI is InChI=1S/C20H22N2O2/c1-12-6-8-14(9-7-12)19(23)22-17-11-15(20(3,4)5)10-16-18(17)24-13(2)21-16/h6-11H,1-5H3,(H,22,23). The normalized spacial score (nSPS) is 11.7. The molecular weight excluding hydrogens is 300 g/mol. The van der Waals surface area contributed by atoms with Crippen LogP contribution < -0.4 is 5.32 Å². The number of rotatable bonds is 2. The zero-order chi connectivity index (χ0) is 17.5. The molecule has 2 aromatic carbocycles. The van der Waals surface area contributed by atoms with E-state index < -0.39 is 0 Å². The minimum Gasteiger partial charge on any atom is -0.439 e. The van der Waals surface area contributed by atoms with Gasteiger partial charge in [-0.2, -0.15) is 0 Å². The van der Waals surface area contributed by atoms with Gasteiger partial charge < -0.3 is 9.73 Å². The summed E-state index contributed by atoms with van der Waals surface area (Å²) in [4.78, 5) is 17.0. The van der Waals surface area contributed by atoms with Gasteiger partial charge in [0.25, 0.3) is 5.91 Å². The van der Waals surface area contributed by atoms with Gasteiger partial charge in [-0.1, -0.05) is 38.5 Å². The fourth-order valence-corrected chi connectivity index (χ4v) is 2.57. The molecule has 0 aliphatic rings. The van der Waals surface area contributed by atoms with Crippen molar-refractivity contribution < 1.29 is 9.21 Å². The highest BCUT2D eigenvalue weighted by Gasteiger charge is 2.20. The van der Waals surface area contributed by atoms with Crippen molar-refractivity contribution in [1.82, 2.24) is 4.98 Å². The summed E-state index contributed by atoms with van der Waals surface area (Å²) < 4.78 is 5.70. The van der Waals surface area contributed by atoms with E-state index in [9.17, 15) is 4.79 Å². The van der Waals surface area contributed by atoms with Gasteiger partial charge in [0.05, 0.1) is 5.69 Å². The summed E-state index contributed by atoms with van der Waals surface area (Å²) in [7, 11) is 0. The summed E-state index contributed by atoms with van der Waals surface area (Å²) in [5.74, 6) is 0.429. The Kier molecular flexibility index (Phi) is 3.91. The number of aromatic nitrogens is 1. The van der Waals surface area contributed by atoms with E-state index in [1.165, 1.54) is 0 Å². The Hall–Kier alpha value is -2.62. The van der Waals surface area contributed by atoms with Gasteiger partial charge in [-0.05, 0) is 42.2 Å². The lowest BCUT2D eigenvalue weighted by Crippen LogP contribution is -2.15. The summed E-state index contributed by atoms with van der Waals surface area (Å²) >= 11 is 0. The second-order valence-electron chi connectivity index (χ2n) is 7.18. The average Bonchev–Trinajstić information content (AvgIpc) is 2.87. The van der Waals surface area contributed by atoms with E-state index in [2.05, 4.69) is 31.1 Å². The van der Waals surface area contributed by atoms with Crippen LogP contribution in [0.4, 0.5) is 5.69 Å². The number of carbonyl (C=O) groups is 1. The van der Waals surface area contributed by atoms with Gasteiger partial charge in [-0.15, -0.1) is 0 Å². The molecule has 3 rings (SSSR count). The van der Waals surface area contributed by atoms with Gasteiger partial charge in [-0.3, -0.25) is 4.79 Å². The molecule has 1 aromatic heterocycles. The Balaban J connectivity index is 2.04. The summed E-state index contributed by atoms with van der Waals surface area (Å²) in [6.45, 7) is 10.2. The predicted molar refractivity (Wildman–Crippen MR) is 96.6 cm³/mol. The van der Waals surface area contributed by atoms with Crippen LogP contribution in [-0.2, 0) is 5.41 Å². The molecule has 0 fully saturated rings. The number of benzene rings is 2. The second kappa shape index (κ2) is 5.78. The molecule has 4 nitrogen and oxygen atoms in total. The monoisotopic (exact) mass is 322 g/mol. The maximum atomic E-state index is 12.6. The Morgan fingerprint density at radius 3 is 2.38 bits per heavy atom. The molecule has 0 saturated carbocycles. The van der Waals surface area contributed by atoms with E-state index in [0.29, 0.717) is 22.7 Å². The fourth-order valence-electron chi connectivity index (χ4n) is 2.57. The molecule has 0 radical (unpaired) electrons. The van der Waals surface area contributed by atoms with Crippen LogP contribution in [0.25, 0.3) is 11.1 Å². The molecular formula is C20H22N2O2. The Morgan fingerprint density at radius 1 is 1.08 bits per heavy atom. The topological polar surface area (TPSA) is 55.1 Å². The van der Waals surface area contributed by atoms with Crippen LogP contribution in [0.5, 0.6) is 0 Å². The maximum absolute atomic E-state index is 12.6. The number of hydrogen-bond acceptors (Lipinski definition) is 3. The third-order valence-corrected chi connectivity index (χ3v) is 4.02. The van der Waals surface area contributed by atoms with Crippen molar-refractivity contribution in [2.45, 2.75) is 40.0 Å². The van der Waals surface area contributed by atoms with Crippen LogP contribution in [0, 0.1) is 13.8 Å². The van der Waals surface area contributed by atoms with E-state index in [1.54, 1.807) is 0 Å².